The van der Waals surface area contributed by atoms with Gasteiger partial charge in [-0.25, -0.2) is 0 Å². The van der Waals surface area contributed by atoms with Gasteiger partial charge in [-0.05, 0) is 56.1 Å². The third kappa shape index (κ3) is 5.83. The summed E-state index contributed by atoms with van der Waals surface area (Å²) in [5.74, 6) is 0.357. The second-order valence-corrected chi connectivity index (χ2v) is 9.02. The zero-order valence-corrected chi connectivity index (χ0v) is 18.3. The summed E-state index contributed by atoms with van der Waals surface area (Å²) in [6, 6.07) is 8.84. The molecule has 1 aromatic rings. The average Bonchev–Trinajstić information content (AvgIpc) is 2.77. The fraction of sp³-hybridized carbons (Fsp3) is 0.625. The summed E-state index contributed by atoms with van der Waals surface area (Å²) in [7, 11) is 0. The highest BCUT2D eigenvalue weighted by Crippen LogP contribution is 2.25. The molecule has 0 radical (unpaired) electrons. The smallest absolute Gasteiger partial charge is 0.253 e. The number of hydrogen-bond acceptors (Lipinski definition) is 3. The molecule has 164 valence electrons. The molecule has 1 atom stereocenters. The van der Waals surface area contributed by atoms with E-state index >= 15 is 0 Å². The molecule has 6 nitrogen and oxygen atoms in total. The highest BCUT2D eigenvalue weighted by Gasteiger charge is 2.36. The van der Waals surface area contributed by atoms with Crippen LogP contribution in [0.1, 0.15) is 62.7 Å². The molecule has 30 heavy (non-hydrogen) atoms. The first-order valence-electron chi connectivity index (χ1n) is 11.4. The zero-order valence-electron chi connectivity index (χ0n) is 18.3. The maximum absolute atomic E-state index is 13.3. The Hall–Kier alpha value is -2.37. The molecule has 0 spiro atoms. The molecule has 6 heteroatoms. The zero-order chi connectivity index (χ0) is 21.5. The van der Waals surface area contributed by atoms with Crippen molar-refractivity contribution in [2.75, 3.05) is 26.2 Å². The van der Waals surface area contributed by atoms with E-state index in [9.17, 15) is 14.4 Å². The van der Waals surface area contributed by atoms with Gasteiger partial charge in [0.15, 0.2) is 0 Å². The molecule has 0 aliphatic carbocycles. The van der Waals surface area contributed by atoms with Crippen molar-refractivity contribution in [3.63, 3.8) is 0 Å². The van der Waals surface area contributed by atoms with E-state index < -0.39 is 6.04 Å². The van der Waals surface area contributed by atoms with Gasteiger partial charge >= 0.3 is 0 Å². The summed E-state index contributed by atoms with van der Waals surface area (Å²) in [6.07, 6.45) is 5.10. The molecule has 3 amide bonds. The minimum atomic E-state index is -0.483. The monoisotopic (exact) mass is 413 g/mol. The van der Waals surface area contributed by atoms with Crippen molar-refractivity contribution in [3.05, 3.63) is 35.9 Å². The van der Waals surface area contributed by atoms with Crippen LogP contribution in [0.25, 0.3) is 0 Å². The first kappa shape index (κ1) is 22.3. The van der Waals surface area contributed by atoms with E-state index in [1.807, 2.05) is 54.0 Å². The van der Waals surface area contributed by atoms with Gasteiger partial charge in [-0.3, -0.25) is 14.4 Å². The Balaban J connectivity index is 1.65. The lowest BCUT2D eigenvalue weighted by Gasteiger charge is -2.38. The van der Waals surface area contributed by atoms with Crippen LogP contribution in [0.2, 0.25) is 0 Å². The third-order valence-corrected chi connectivity index (χ3v) is 6.16. The molecular formula is C24H35N3O3. The molecule has 2 heterocycles. The van der Waals surface area contributed by atoms with Crippen molar-refractivity contribution in [2.24, 2.45) is 11.8 Å². The van der Waals surface area contributed by atoms with Gasteiger partial charge in [0.25, 0.3) is 5.91 Å². The molecule has 1 aromatic carbocycles. The van der Waals surface area contributed by atoms with Gasteiger partial charge < -0.3 is 15.1 Å². The van der Waals surface area contributed by atoms with Crippen LogP contribution >= 0.6 is 0 Å². The summed E-state index contributed by atoms with van der Waals surface area (Å²) in [5.41, 5.74) is 0.696. The van der Waals surface area contributed by atoms with Gasteiger partial charge in [0.05, 0.1) is 0 Å². The predicted molar refractivity (Wildman–Crippen MR) is 117 cm³/mol. The van der Waals surface area contributed by atoms with E-state index in [-0.39, 0.29) is 29.6 Å². The van der Waals surface area contributed by atoms with Crippen molar-refractivity contribution in [3.8, 4) is 0 Å². The van der Waals surface area contributed by atoms with Gasteiger partial charge in [-0.1, -0.05) is 32.0 Å². The van der Waals surface area contributed by atoms with Crippen LogP contribution in [-0.4, -0.2) is 59.7 Å². The van der Waals surface area contributed by atoms with Gasteiger partial charge in [-0.2, -0.15) is 0 Å². The largest absolute Gasteiger partial charge is 0.344 e. The van der Waals surface area contributed by atoms with Gasteiger partial charge in [0, 0.05) is 38.2 Å². The normalized spacial score (nSPS) is 18.9. The lowest BCUT2D eigenvalue weighted by Crippen LogP contribution is -2.55. The number of hydrogen-bond donors (Lipinski definition) is 1. The lowest BCUT2D eigenvalue weighted by molar-refractivity contribution is -0.139. The highest BCUT2D eigenvalue weighted by atomic mass is 16.2. The highest BCUT2D eigenvalue weighted by molar-refractivity contribution is 5.94. The first-order valence-corrected chi connectivity index (χ1v) is 11.4. The summed E-state index contributed by atoms with van der Waals surface area (Å²) in [5, 5.41) is 3.06. The Morgan fingerprint density at radius 1 is 0.933 bits per heavy atom. The van der Waals surface area contributed by atoms with Crippen molar-refractivity contribution >= 4 is 17.7 Å². The van der Waals surface area contributed by atoms with Crippen LogP contribution in [0.3, 0.4) is 0 Å². The Morgan fingerprint density at radius 2 is 1.57 bits per heavy atom. The quantitative estimate of drug-likeness (QED) is 0.779. The van der Waals surface area contributed by atoms with Gasteiger partial charge in [-0.15, -0.1) is 0 Å². The maximum Gasteiger partial charge on any atom is 0.253 e. The molecule has 2 aliphatic heterocycles. The molecule has 0 saturated carbocycles. The molecule has 0 bridgehead atoms. The van der Waals surface area contributed by atoms with E-state index in [1.165, 1.54) is 0 Å². The van der Waals surface area contributed by atoms with E-state index in [1.54, 1.807) is 0 Å². The summed E-state index contributed by atoms with van der Waals surface area (Å²) in [4.78, 5) is 42.3. The second-order valence-electron chi connectivity index (χ2n) is 9.02. The van der Waals surface area contributed by atoms with Crippen LogP contribution in [-0.2, 0) is 9.59 Å². The summed E-state index contributed by atoms with van der Waals surface area (Å²) in [6.45, 7) is 6.80. The van der Waals surface area contributed by atoms with Crippen molar-refractivity contribution < 1.29 is 14.4 Å². The number of likely N-dealkylation sites (tertiary alicyclic amines) is 2. The Kier molecular flexibility index (Phi) is 7.88. The number of nitrogens with one attached hydrogen (secondary N) is 1. The predicted octanol–water partition coefficient (Wildman–Crippen LogP) is 3.08. The number of carbonyl (C=O) groups is 3. The van der Waals surface area contributed by atoms with Crippen molar-refractivity contribution in [1.29, 1.82) is 0 Å². The standard InChI is InChI=1S/C24H35N3O3/c1-18(2)17-21(28)25-22(24(30)26-13-7-4-8-14-26)19-11-15-27(16-12-19)23(29)20-9-5-3-6-10-20/h3,5-6,9-10,18-19,22H,4,7-8,11-17H2,1-2H3,(H,25,28)/t22-/m0/s1. The second kappa shape index (κ2) is 10.6. The van der Waals surface area contributed by atoms with E-state index in [0.717, 1.165) is 45.2 Å². The molecule has 0 unspecified atom stereocenters. The van der Waals surface area contributed by atoms with Crippen LogP contribution in [0, 0.1) is 11.8 Å². The number of benzene rings is 1. The van der Waals surface area contributed by atoms with Crippen LogP contribution in [0.4, 0.5) is 0 Å². The molecule has 2 saturated heterocycles. The van der Waals surface area contributed by atoms with Crippen LogP contribution < -0.4 is 5.32 Å². The molecule has 3 rings (SSSR count). The number of nitrogens with zero attached hydrogens (tertiary/aromatic N) is 2. The lowest BCUT2D eigenvalue weighted by atomic mass is 9.87. The van der Waals surface area contributed by atoms with Crippen LogP contribution in [0.15, 0.2) is 30.3 Å². The van der Waals surface area contributed by atoms with Crippen molar-refractivity contribution in [2.45, 2.75) is 58.4 Å². The number of carbonyl (C=O) groups excluding carboxylic acids is 3. The molecule has 2 aliphatic rings. The third-order valence-electron chi connectivity index (χ3n) is 6.16. The summed E-state index contributed by atoms with van der Waals surface area (Å²) >= 11 is 0. The number of rotatable bonds is 6. The Labute approximate surface area is 180 Å². The fourth-order valence-electron chi connectivity index (χ4n) is 4.49. The number of piperidine rings is 2. The van der Waals surface area contributed by atoms with E-state index in [0.29, 0.717) is 25.1 Å². The SMILES string of the molecule is CC(C)CC(=O)N[C@H](C(=O)N1CCCCC1)C1CCN(C(=O)c2ccccc2)CC1. The number of amides is 3. The first-order chi connectivity index (χ1) is 14.5. The minimum Gasteiger partial charge on any atom is -0.344 e. The van der Waals surface area contributed by atoms with Crippen molar-refractivity contribution in [1.82, 2.24) is 15.1 Å². The Morgan fingerprint density at radius 3 is 2.17 bits per heavy atom. The average molecular weight is 414 g/mol. The maximum atomic E-state index is 13.3. The fourth-order valence-corrected chi connectivity index (χ4v) is 4.49. The molecule has 2 fully saturated rings. The van der Waals surface area contributed by atoms with E-state index in [2.05, 4.69) is 5.32 Å². The summed E-state index contributed by atoms with van der Waals surface area (Å²) < 4.78 is 0. The van der Waals surface area contributed by atoms with Gasteiger partial charge in [0.2, 0.25) is 11.8 Å². The van der Waals surface area contributed by atoms with Gasteiger partial charge in [0.1, 0.15) is 6.04 Å². The topological polar surface area (TPSA) is 69.7 Å². The molecule has 0 aromatic heterocycles. The van der Waals surface area contributed by atoms with Crippen LogP contribution in [0.5, 0.6) is 0 Å². The van der Waals surface area contributed by atoms with E-state index in [4.69, 9.17) is 0 Å². The molecular weight excluding hydrogens is 378 g/mol. The molecule has 1 N–H and O–H groups in total. The Bertz CT molecular complexity index is 720. The minimum absolute atomic E-state index is 0.0387.